The maximum absolute atomic E-state index is 12.9. The van der Waals surface area contributed by atoms with Crippen LogP contribution in [-0.4, -0.2) is 36.8 Å². The van der Waals surface area contributed by atoms with Crippen molar-refractivity contribution >= 4 is 33.8 Å². The third kappa shape index (κ3) is 4.41. The Morgan fingerprint density at radius 2 is 2.00 bits per heavy atom. The summed E-state index contributed by atoms with van der Waals surface area (Å²) in [7, 11) is -3.47. The standard InChI is InChI=1S/C17H23N3O2S2.ClH/c1-12-11-23-17(19-12)15-4-3-5-16(10-15)24(21,22)20-8-6-14(7-9-20)13(2)18;/h3-5,10-11,13-14H,6-9,18H2,1-2H3;1H. The highest BCUT2D eigenvalue weighted by molar-refractivity contribution is 7.89. The molecule has 0 radical (unpaired) electrons. The monoisotopic (exact) mass is 401 g/mol. The molecule has 1 aromatic heterocycles. The van der Waals surface area contributed by atoms with E-state index >= 15 is 0 Å². The number of aromatic nitrogens is 1. The fourth-order valence-corrected chi connectivity index (χ4v) is 5.38. The Hall–Kier alpha value is -0.990. The van der Waals surface area contributed by atoms with Gasteiger partial charge in [0.05, 0.1) is 4.90 Å². The number of hydrogen-bond donors (Lipinski definition) is 1. The van der Waals surface area contributed by atoms with E-state index in [9.17, 15) is 8.42 Å². The fourth-order valence-electron chi connectivity index (χ4n) is 3.07. The number of rotatable bonds is 4. The third-order valence-electron chi connectivity index (χ3n) is 4.58. The quantitative estimate of drug-likeness (QED) is 0.852. The van der Waals surface area contributed by atoms with Gasteiger partial charge in [-0.15, -0.1) is 23.7 Å². The first-order chi connectivity index (χ1) is 11.4. The van der Waals surface area contributed by atoms with E-state index in [2.05, 4.69) is 4.98 Å². The van der Waals surface area contributed by atoms with Crippen molar-refractivity contribution in [2.24, 2.45) is 11.7 Å². The average molecular weight is 402 g/mol. The smallest absolute Gasteiger partial charge is 0.243 e. The summed E-state index contributed by atoms with van der Waals surface area (Å²) in [6, 6.07) is 7.20. The van der Waals surface area contributed by atoms with Gasteiger partial charge in [-0.3, -0.25) is 0 Å². The predicted octanol–water partition coefficient (Wildman–Crippen LogP) is 3.29. The molecule has 1 fully saturated rings. The van der Waals surface area contributed by atoms with Crippen LogP contribution in [0.2, 0.25) is 0 Å². The minimum Gasteiger partial charge on any atom is -0.328 e. The molecule has 0 spiro atoms. The lowest BCUT2D eigenvalue weighted by atomic mass is 9.92. The molecular weight excluding hydrogens is 378 g/mol. The van der Waals surface area contributed by atoms with E-state index in [1.807, 2.05) is 25.3 Å². The zero-order chi connectivity index (χ0) is 17.3. The Labute approximate surface area is 159 Å². The normalized spacial score (nSPS) is 17.9. The molecule has 2 aromatic rings. The molecule has 2 N–H and O–H groups in total. The van der Waals surface area contributed by atoms with Crippen molar-refractivity contribution in [3.05, 3.63) is 35.3 Å². The van der Waals surface area contributed by atoms with Gasteiger partial charge in [0.2, 0.25) is 10.0 Å². The molecule has 2 heterocycles. The molecule has 25 heavy (non-hydrogen) atoms. The molecule has 138 valence electrons. The van der Waals surface area contributed by atoms with E-state index in [4.69, 9.17) is 5.73 Å². The summed E-state index contributed by atoms with van der Waals surface area (Å²) < 4.78 is 27.4. The summed E-state index contributed by atoms with van der Waals surface area (Å²) in [5, 5.41) is 2.81. The Morgan fingerprint density at radius 3 is 2.56 bits per heavy atom. The van der Waals surface area contributed by atoms with Crippen molar-refractivity contribution in [3.8, 4) is 10.6 Å². The maximum Gasteiger partial charge on any atom is 0.243 e. The van der Waals surface area contributed by atoms with E-state index in [0.29, 0.717) is 23.9 Å². The first-order valence-electron chi connectivity index (χ1n) is 8.16. The SMILES string of the molecule is Cc1csc(-c2cccc(S(=O)(=O)N3CCC(C(C)N)CC3)c2)n1.Cl. The Balaban J connectivity index is 0.00000225. The molecule has 3 rings (SSSR count). The highest BCUT2D eigenvalue weighted by atomic mass is 35.5. The van der Waals surface area contributed by atoms with Gasteiger partial charge in [-0.05, 0) is 44.7 Å². The minimum absolute atomic E-state index is 0. The number of halogens is 1. The molecule has 1 aliphatic rings. The molecule has 0 bridgehead atoms. The average Bonchev–Trinajstić information content (AvgIpc) is 3.01. The van der Waals surface area contributed by atoms with Crippen LogP contribution >= 0.6 is 23.7 Å². The zero-order valence-electron chi connectivity index (χ0n) is 14.4. The van der Waals surface area contributed by atoms with Crippen molar-refractivity contribution in [1.29, 1.82) is 0 Å². The van der Waals surface area contributed by atoms with Crippen LogP contribution < -0.4 is 5.73 Å². The molecule has 5 nitrogen and oxygen atoms in total. The van der Waals surface area contributed by atoms with Crippen LogP contribution in [0.4, 0.5) is 0 Å². The maximum atomic E-state index is 12.9. The lowest BCUT2D eigenvalue weighted by Gasteiger charge is -2.33. The van der Waals surface area contributed by atoms with Crippen LogP contribution in [0, 0.1) is 12.8 Å². The summed E-state index contributed by atoms with van der Waals surface area (Å²) in [6.45, 7) is 5.00. The van der Waals surface area contributed by atoms with Gasteiger partial charge in [0.25, 0.3) is 0 Å². The second-order valence-electron chi connectivity index (χ2n) is 6.42. The molecule has 0 amide bonds. The number of nitrogens with zero attached hydrogens (tertiary/aromatic N) is 2. The summed E-state index contributed by atoms with van der Waals surface area (Å²) in [5.41, 5.74) is 7.74. The van der Waals surface area contributed by atoms with Crippen molar-refractivity contribution in [3.63, 3.8) is 0 Å². The second-order valence-corrected chi connectivity index (χ2v) is 9.22. The van der Waals surface area contributed by atoms with Crippen LogP contribution in [0.15, 0.2) is 34.5 Å². The Morgan fingerprint density at radius 1 is 1.32 bits per heavy atom. The van der Waals surface area contributed by atoms with Gasteiger partial charge < -0.3 is 5.73 Å². The molecule has 8 heteroatoms. The highest BCUT2D eigenvalue weighted by Crippen LogP contribution is 2.29. The van der Waals surface area contributed by atoms with Gasteiger partial charge in [-0.2, -0.15) is 4.31 Å². The lowest BCUT2D eigenvalue weighted by molar-refractivity contribution is 0.250. The van der Waals surface area contributed by atoms with Crippen molar-refractivity contribution in [1.82, 2.24) is 9.29 Å². The van der Waals surface area contributed by atoms with Gasteiger partial charge in [0, 0.05) is 35.8 Å². The van der Waals surface area contributed by atoms with Crippen LogP contribution in [0.25, 0.3) is 10.6 Å². The number of hydrogen-bond acceptors (Lipinski definition) is 5. The number of piperidine rings is 1. The molecule has 1 aromatic carbocycles. The van der Waals surface area contributed by atoms with E-state index in [1.54, 1.807) is 22.5 Å². The predicted molar refractivity (Wildman–Crippen MR) is 105 cm³/mol. The van der Waals surface area contributed by atoms with Crippen molar-refractivity contribution < 1.29 is 8.42 Å². The molecule has 1 saturated heterocycles. The summed E-state index contributed by atoms with van der Waals surface area (Å²) in [4.78, 5) is 4.78. The van der Waals surface area contributed by atoms with E-state index < -0.39 is 10.0 Å². The van der Waals surface area contributed by atoms with Gasteiger partial charge >= 0.3 is 0 Å². The van der Waals surface area contributed by atoms with Crippen molar-refractivity contribution in [2.75, 3.05) is 13.1 Å². The van der Waals surface area contributed by atoms with E-state index in [1.165, 1.54) is 11.3 Å². The van der Waals surface area contributed by atoms with Gasteiger partial charge in [-0.1, -0.05) is 12.1 Å². The number of thiazole rings is 1. The summed E-state index contributed by atoms with van der Waals surface area (Å²) in [5.74, 6) is 0.404. The molecule has 1 atom stereocenters. The number of nitrogens with two attached hydrogens (primary N) is 1. The van der Waals surface area contributed by atoms with Crippen LogP contribution in [0.3, 0.4) is 0 Å². The molecule has 0 aliphatic carbocycles. The van der Waals surface area contributed by atoms with Gasteiger partial charge in [0.1, 0.15) is 5.01 Å². The van der Waals surface area contributed by atoms with Crippen LogP contribution in [-0.2, 0) is 10.0 Å². The summed E-state index contributed by atoms with van der Waals surface area (Å²) in [6.07, 6.45) is 1.64. The lowest BCUT2D eigenvalue weighted by Crippen LogP contribution is -2.42. The fraction of sp³-hybridized carbons (Fsp3) is 0.471. The second kappa shape index (κ2) is 8.14. The van der Waals surface area contributed by atoms with Crippen LogP contribution in [0.5, 0.6) is 0 Å². The highest BCUT2D eigenvalue weighted by Gasteiger charge is 2.30. The molecule has 1 aliphatic heterocycles. The van der Waals surface area contributed by atoms with Crippen LogP contribution in [0.1, 0.15) is 25.5 Å². The minimum atomic E-state index is -3.47. The van der Waals surface area contributed by atoms with E-state index in [0.717, 1.165) is 29.1 Å². The number of aryl methyl sites for hydroxylation is 1. The third-order valence-corrected chi connectivity index (χ3v) is 7.48. The van der Waals surface area contributed by atoms with Gasteiger partial charge in [-0.25, -0.2) is 13.4 Å². The topological polar surface area (TPSA) is 76.3 Å². The molecule has 1 unspecified atom stereocenters. The molecular formula is C17H24ClN3O2S2. The first kappa shape index (κ1) is 20.3. The number of sulfonamides is 1. The Kier molecular flexibility index (Phi) is 6.62. The van der Waals surface area contributed by atoms with E-state index in [-0.39, 0.29) is 18.4 Å². The Bertz CT molecular complexity index is 813. The van der Waals surface area contributed by atoms with Gasteiger partial charge in [0.15, 0.2) is 0 Å². The largest absolute Gasteiger partial charge is 0.328 e. The number of benzene rings is 1. The first-order valence-corrected chi connectivity index (χ1v) is 10.5. The van der Waals surface area contributed by atoms with Crippen molar-refractivity contribution in [2.45, 2.75) is 37.6 Å². The molecule has 0 saturated carbocycles. The summed E-state index contributed by atoms with van der Waals surface area (Å²) >= 11 is 1.53. The zero-order valence-corrected chi connectivity index (χ0v) is 16.8.